The molecule has 5 nitrogen and oxygen atoms in total. The number of aromatic nitrogens is 1. The van der Waals surface area contributed by atoms with Gasteiger partial charge in [0.1, 0.15) is 11.6 Å². The van der Waals surface area contributed by atoms with E-state index < -0.39 is 0 Å². The van der Waals surface area contributed by atoms with Gasteiger partial charge in [0, 0.05) is 32.3 Å². The van der Waals surface area contributed by atoms with Crippen LogP contribution < -0.4 is 10.2 Å². The lowest BCUT2D eigenvalue weighted by atomic mass is 10.1. The molecule has 0 radical (unpaired) electrons. The lowest BCUT2D eigenvalue weighted by Gasteiger charge is -2.28. The Kier molecular flexibility index (Phi) is 5.95. The Morgan fingerprint density at radius 2 is 2.04 bits per heavy atom. The number of anilines is 1. The van der Waals surface area contributed by atoms with Crippen molar-refractivity contribution in [1.29, 1.82) is 0 Å². The molecule has 0 aliphatic carbocycles. The second kappa shape index (κ2) is 8.58. The van der Waals surface area contributed by atoms with Gasteiger partial charge in [-0.2, -0.15) is 0 Å². The number of hydrogen-bond donors (Lipinski definition) is 1. The molecule has 1 aromatic carbocycles. The van der Waals surface area contributed by atoms with Crippen molar-refractivity contribution in [3.8, 4) is 0 Å². The maximum absolute atomic E-state index is 13.1. The molecule has 0 bridgehead atoms. The monoisotopic (exact) mass is 343 g/mol. The minimum Gasteiger partial charge on any atom is -0.378 e. The molecule has 0 spiro atoms. The van der Waals surface area contributed by atoms with Gasteiger partial charge in [-0.3, -0.25) is 4.79 Å². The second-order valence-corrected chi connectivity index (χ2v) is 6.03. The number of benzene rings is 1. The molecule has 1 aromatic heterocycles. The Morgan fingerprint density at radius 1 is 1.20 bits per heavy atom. The summed E-state index contributed by atoms with van der Waals surface area (Å²) in [5.41, 5.74) is 1.84. The number of aryl methyl sites for hydroxylation is 1. The molecule has 0 atom stereocenters. The zero-order valence-corrected chi connectivity index (χ0v) is 14.1. The Hall–Kier alpha value is -2.47. The van der Waals surface area contributed by atoms with Gasteiger partial charge in [-0.05, 0) is 41.8 Å². The van der Waals surface area contributed by atoms with E-state index in [4.69, 9.17) is 4.74 Å². The Balaban J connectivity index is 1.48. The number of amides is 1. The van der Waals surface area contributed by atoms with Crippen LogP contribution in [-0.2, 0) is 22.5 Å². The first-order chi connectivity index (χ1) is 12.2. The molecule has 1 aliphatic heterocycles. The third-order valence-corrected chi connectivity index (χ3v) is 4.16. The molecule has 2 aromatic rings. The maximum atomic E-state index is 13.1. The summed E-state index contributed by atoms with van der Waals surface area (Å²) >= 11 is 0. The summed E-state index contributed by atoms with van der Waals surface area (Å²) in [5, 5.41) is 2.91. The molecule has 6 heteroatoms. The molecule has 0 saturated carbocycles. The van der Waals surface area contributed by atoms with Crippen molar-refractivity contribution in [2.45, 2.75) is 19.4 Å². The van der Waals surface area contributed by atoms with Gasteiger partial charge in [-0.15, -0.1) is 0 Å². The Labute approximate surface area is 146 Å². The van der Waals surface area contributed by atoms with Crippen molar-refractivity contribution in [3.05, 3.63) is 59.5 Å². The van der Waals surface area contributed by atoms with Gasteiger partial charge in [0.15, 0.2) is 0 Å². The first-order valence-corrected chi connectivity index (χ1v) is 8.49. The van der Waals surface area contributed by atoms with Crippen molar-refractivity contribution < 1.29 is 13.9 Å². The van der Waals surface area contributed by atoms with Gasteiger partial charge in [-0.1, -0.05) is 12.1 Å². The van der Waals surface area contributed by atoms with Gasteiger partial charge in [-0.25, -0.2) is 9.37 Å². The number of carbonyl (C=O) groups excluding carboxylic acids is 1. The van der Waals surface area contributed by atoms with Crippen LogP contribution in [0.1, 0.15) is 17.5 Å². The molecule has 1 amide bonds. The minimum absolute atomic E-state index is 0.0472. The summed E-state index contributed by atoms with van der Waals surface area (Å²) in [6.45, 7) is 3.54. The quantitative estimate of drug-likeness (QED) is 0.874. The number of pyridine rings is 1. The third kappa shape index (κ3) is 5.26. The van der Waals surface area contributed by atoms with Crippen molar-refractivity contribution in [1.82, 2.24) is 10.3 Å². The fraction of sp³-hybridized carbons (Fsp3) is 0.368. The van der Waals surface area contributed by atoms with Crippen LogP contribution in [0.4, 0.5) is 10.2 Å². The highest BCUT2D eigenvalue weighted by Gasteiger charge is 2.12. The van der Waals surface area contributed by atoms with Crippen LogP contribution in [0.25, 0.3) is 0 Å². The van der Waals surface area contributed by atoms with Crippen molar-refractivity contribution in [2.24, 2.45) is 0 Å². The number of nitrogens with zero attached hydrogens (tertiary/aromatic N) is 2. The van der Waals surface area contributed by atoms with E-state index >= 15 is 0 Å². The van der Waals surface area contributed by atoms with Crippen molar-refractivity contribution in [2.75, 3.05) is 31.2 Å². The average Bonchev–Trinajstić information content (AvgIpc) is 2.66. The van der Waals surface area contributed by atoms with Crippen LogP contribution in [0, 0.1) is 5.82 Å². The van der Waals surface area contributed by atoms with Crippen LogP contribution in [0.3, 0.4) is 0 Å². The molecule has 1 fully saturated rings. The summed E-state index contributed by atoms with van der Waals surface area (Å²) in [5.74, 6) is 0.592. The van der Waals surface area contributed by atoms with Gasteiger partial charge < -0.3 is 15.0 Å². The van der Waals surface area contributed by atoms with E-state index in [1.807, 2.05) is 18.2 Å². The highest BCUT2D eigenvalue weighted by Crippen LogP contribution is 2.14. The average molecular weight is 343 g/mol. The zero-order chi connectivity index (χ0) is 17.5. The first-order valence-electron chi connectivity index (χ1n) is 8.49. The normalized spacial score (nSPS) is 14.4. The number of hydrogen-bond acceptors (Lipinski definition) is 4. The van der Waals surface area contributed by atoms with E-state index in [-0.39, 0.29) is 11.7 Å². The van der Waals surface area contributed by atoms with E-state index in [2.05, 4.69) is 15.2 Å². The van der Waals surface area contributed by atoms with Crippen LogP contribution in [0.5, 0.6) is 0 Å². The van der Waals surface area contributed by atoms with Crippen LogP contribution >= 0.6 is 0 Å². The fourth-order valence-corrected chi connectivity index (χ4v) is 2.78. The molecule has 1 N–H and O–H groups in total. The fourth-order valence-electron chi connectivity index (χ4n) is 2.78. The Morgan fingerprint density at radius 3 is 2.84 bits per heavy atom. The number of morpholine rings is 1. The highest BCUT2D eigenvalue weighted by atomic mass is 19.1. The summed E-state index contributed by atoms with van der Waals surface area (Å²) in [4.78, 5) is 18.6. The smallest absolute Gasteiger partial charge is 0.220 e. The summed E-state index contributed by atoms with van der Waals surface area (Å²) < 4.78 is 18.5. The Bertz CT molecular complexity index is 717. The largest absolute Gasteiger partial charge is 0.378 e. The lowest BCUT2D eigenvalue weighted by molar-refractivity contribution is -0.121. The molecule has 1 saturated heterocycles. The topological polar surface area (TPSA) is 54.5 Å². The van der Waals surface area contributed by atoms with Gasteiger partial charge in [0.2, 0.25) is 5.91 Å². The third-order valence-electron chi connectivity index (χ3n) is 4.16. The maximum Gasteiger partial charge on any atom is 0.220 e. The number of halogens is 1. The first kappa shape index (κ1) is 17.4. The van der Waals surface area contributed by atoms with Crippen LogP contribution in [0.15, 0.2) is 42.6 Å². The van der Waals surface area contributed by atoms with E-state index in [0.29, 0.717) is 32.6 Å². The highest BCUT2D eigenvalue weighted by molar-refractivity contribution is 5.76. The molecule has 2 heterocycles. The molecule has 25 heavy (non-hydrogen) atoms. The van der Waals surface area contributed by atoms with Crippen LogP contribution in [-0.4, -0.2) is 37.2 Å². The summed E-state index contributed by atoms with van der Waals surface area (Å²) in [7, 11) is 0. The SMILES string of the molecule is O=C(CCc1cccc(F)c1)NCc1ccnc(N2CCOCC2)c1. The van der Waals surface area contributed by atoms with E-state index in [1.165, 1.54) is 12.1 Å². The summed E-state index contributed by atoms with van der Waals surface area (Å²) in [6, 6.07) is 10.2. The second-order valence-electron chi connectivity index (χ2n) is 6.03. The number of rotatable bonds is 6. The number of nitrogens with one attached hydrogen (secondary N) is 1. The van der Waals surface area contributed by atoms with E-state index in [0.717, 1.165) is 30.0 Å². The zero-order valence-electron chi connectivity index (χ0n) is 14.1. The minimum atomic E-state index is -0.273. The van der Waals surface area contributed by atoms with Crippen LogP contribution in [0.2, 0.25) is 0 Å². The molecule has 132 valence electrons. The molecule has 1 aliphatic rings. The van der Waals surface area contributed by atoms with E-state index in [1.54, 1.807) is 12.3 Å². The lowest BCUT2D eigenvalue weighted by Crippen LogP contribution is -2.36. The number of carbonyl (C=O) groups is 1. The van der Waals surface area contributed by atoms with E-state index in [9.17, 15) is 9.18 Å². The predicted molar refractivity (Wildman–Crippen MR) is 93.8 cm³/mol. The molecular formula is C19H22FN3O2. The summed E-state index contributed by atoms with van der Waals surface area (Å²) in [6.07, 6.45) is 2.63. The molecule has 3 rings (SSSR count). The van der Waals surface area contributed by atoms with Gasteiger partial charge >= 0.3 is 0 Å². The van der Waals surface area contributed by atoms with Gasteiger partial charge in [0.25, 0.3) is 0 Å². The standard InChI is InChI=1S/C19H22FN3O2/c20-17-3-1-2-15(12-17)4-5-19(24)22-14-16-6-7-21-18(13-16)23-8-10-25-11-9-23/h1-3,6-7,12-13H,4-5,8-11,14H2,(H,22,24). The van der Waals surface area contributed by atoms with Gasteiger partial charge in [0.05, 0.1) is 13.2 Å². The predicted octanol–water partition coefficient (Wildman–Crippen LogP) is 2.31. The molecule has 0 unspecified atom stereocenters. The van der Waals surface area contributed by atoms with Crippen molar-refractivity contribution in [3.63, 3.8) is 0 Å². The van der Waals surface area contributed by atoms with Crippen molar-refractivity contribution >= 4 is 11.7 Å². The number of ether oxygens (including phenoxy) is 1. The molecular weight excluding hydrogens is 321 g/mol.